The predicted octanol–water partition coefficient (Wildman–Crippen LogP) is -1.11. The first-order valence-electron chi connectivity index (χ1n) is 10.8. The number of hydrogen-bond acceptors (Lipinski definition) is 6. The summed E-state index contributed by atoms with van der Waals surface area (Å²) in [6.45, 7) is 1.71. The summed E-state index contributed by atoms with van der Waals surface area (Å²) < 4.78 is 0. The van der Waals surface area contributed by atoms with Crippen LogP contribution in [0.2, 0.25) is 0 Å². The molecule has 0 spiro atoms. The first-order valence-corrected chi connectivity index (χ1v) is 10.8. The monoisotopic (exact) mass is 461 g/mol. The maximum absolute atomic E-state index is 13.2. The van der Waals surface area contributed by atoms with Crippen LogP contribution in [0.3, 0.4) is 0 Å². The van der Waals surface area contributed by atoms with Crippen LogP contribution in [0.25, 0.3) is 0 Å². The Morgan fingerprint density at radius 1 is 1.12 bits per heavy atom. The molecule has 33 heavy (non-hydrogen) atoms. The van der Waals surface area contributed by atoms with Crippen LogP contribution in [0.4, 0.5) is 0 Å². The number of carboxylic acids is 1. The van der Waals surface area contributed by atoms with E-state index in [0.717, 1.165) is 5.56 Å². The number of nitrogens with one attached hydrogen (secondary N) is 2. The van der Waals surface area contributed by atoms with E-state index in [-0.39, 0.29) is 25.8 Å². The number of benzene rings is 1. The molecule has 0 aliphatic carbocycles. The summed E-state index contributed by atoms with van der Waals surface area (Å²) in [5.74, 6) is -3.53. The number of aliphatic carboxylic acids is 1. The average molecular weight is 462 g/mol. The molecule has 180 valence electrons. The topological polar surface area (TPSA) is 185 Å². The number of amides is 4. The van der Waals surface area contributed by atoms with Crippen molar-refractivity contribution in [2.75, 3.05) is 6.54 Å². The van der Waals surface area contributed by atoms with Gasteiger partial charge in [0.2, 0.25) is 23.6 Å². The van der Waals surface area contributed by atoms with E-state index in [1.165, 1.54) is 11.8 Å². The summed E-state index contributed by atoms with van der Waals surface area (Å²) in [5.41, 5.74) is 11.5. The number of carbonyl (C=O) groups excluding carboxylic acids is 4. The number of hydrogen-bond donors (Lipinski definition) is 5. The molecule has 11 heteroatoms. The zero-order chi connectivity index (χ0) is 24.5. The second kappa shape index (κ2) is 12.0. The quantitative estimate of drug-likeness (QED) is 0.276. The molecule has 1 aliphatic heterocycles. The number of nitrogens with two attached hydrogens (primary N) is 2. The molecule has 1 aromatic rings. The number of primary amides is 1. The van der Waals surface area contributed by atoms with Crippen molar-refractivity contribution in [3.05, 3.63) is 35.9 Å². The fraction of sp³-hybridized carbons (Fsp3) is 0.500. The molecule has 1 fully saturated rings. The minimum Gasteiger partial charge on any atom is -0.480 e. The lowest BCUT2D eigenvalue weighted by molar-refractivity contribution is -0.145. The predicted molar refractivity (Wildman–Crippen MR) is 118 cm³/mol. The third kappa shape index (κ3) is 7.56. The van der Waals surface area contributed by atoms with E-state index in [4.69, 9.17) is 11.5 Å². The largest absolute Gasteiger partial charge is 0.480 e. The summed E-state index contributed by atoms with van der Waals surface area (Å²) in [7, 11) is 0. The number of carboxylic acid groups (broad SMARTS) is 1. The van der Waals surface area contributed by atoms with Crippen LogP contribution in [0.5, 0.6) is 0 Å². The van der Waals surface area contributed by atoms with E-state index in [1.807, 2.05) is 0 Å². The average Bonchev–Trinajstić information content (AvgIpc) is 3.26. The summed E-state index contributed by atoms with van der Waals surface area (Å²) in [6, 6.07) is 4.87. The van der Waals surface area contributed by atoms with E-state index in [9.17, 15) is 29.1 Å². The van der Waals surface area contributed by atoms with Crippen LogP contribution in [-0.4, -0.2) is 70.3 Å². The summed E-state index contributed by atoms with van der Waals surface area (Å²) in [6.07, 6.45) is 0.791. The van der Waals surface area contributed by atoms with Crippen molar-refractivity contribution in [1.29, 1.82) is 0 Å². The van der Waals surface area contributed by atoms with Crippen molar-refractivity contribution < 1.29 is 29.1 Å². The van der Waals surface area contributed by atoms with Crippen LogP contribution < -0.4 is 22.1 Å². The molecule has 4 unspecified atom stereocenters. The minimum absolute atomic E-state index is 0.0385. The highest BCUT2D eigenvalue weighted by Gasteiger charge is 2.39. The normalized spacial score (nSPS) is 18.1. The van der Waals surface area contributed by atoms with E-state index < -0.39 is 53.8 Å². The van der Waals surface area contributed by atoms with Crippen molar-refractivity contribution in [2.45, 2.75) is 63.2 Å². The molecular formula is C22H31N5O6. The fourth-order valence-corrected chi connectivity index (χ4v) is 3.67. The van der Waals surface area contributed by atoms with Gasteiger partial charge in [0.1, 0.15) is 18.1 Å². The molecule has 1 heterocycles. The Morgan fingerprint density at radius 2 is 1.79 bits per heavy atom. The van der Waals surface area contributed by atoms with Gasteiger partial charge in [-0.15, -0.1) is 0 Å². The van der Waals surface area contributed by atoms with Gasteiger partial charge in [-0.3, -0.25) is 19.2 Å². The highest BCUT2D eigenvalue weighted by molar-refractivity contribution is 5.94. The van der Waals surface area contributed by atoms with Crippen LogP contribution in [-0.2, 0) is 30.4 Å². The molecule has 2 rings (SSSR count). The van der Waals surface area contributed by atoms with E-state index in [1.54, 1.807) is 30.3 Å². The molecule has 0 aromatic heterocycles. The van der Waals surface area contributed by atoms with Gasteiger partial charge in [-0.1, -0.05) is 30.3 Å². The van der Waals surface area contributed by atoms with Gasteiger partial charge < -0.3 is 32.1 Å². The van der Waals surface area contributed by atoms with Crippen molar-refractivity contribution in [2.24, 2.45) is 11.5 Å². The lowest BCUT2D eigenvalue weighted by Gasteiger charge is -2.29. The summed E-state index contributed by atoms with van der Waals surface area (Å²) >= 11 is 0. The Bertz CT molecular complexity index is 875. The lowest BCUT2D eigenvalue weighted by Crippen LogP contribution is -2.56. The highest BCUT2D eigenvalue weighted by Crippen LogP contribution is 2.20. The molecule has 4 amide bonds. The number of rotatable bonds is 11. The van der Waals surface area contributed by atoms with Crippen molar-refractivity contribution in [3.8, 4) is 0 Å². The lowest BCUT2D eigenvalue weighted by atomic mass is 10.0. The molecule has 1 aliphatic rings. The van der Waals surface area contributed by atoms with Gasteiger partial charge in [0.15, 0.2) is 0 Å². The highest BCUT2D eigenvalue weighted by atomic mass is 16.4. The first-order chi connectivity index (χ1) is 15.6. The number of nitrogens with zero attached hydrogens (tertiary/aromatic N) is 1. The third-order valence-corrected chi connectivity index (χ3v) is 5.44. The Kier molecular flexibility index (Phi) is 9.34. The maximum atomic E-state index is 13.2. The van der Waals surface area contributed by atoms with Crippen LogP contribution in [0.1, 0.15) is 38.2 Å². The van der Waals surface area contributed by atoms with Gasteiger partial charge in [0.25, 0.3) is 0 Å². The van der Waals surface area contributed by atoms with Crippen LogP contribution in [0.15, 0.2) is 30.3 Å². The van der Waals surface area contributed by atoms with Crippen molar-refractivity contribution >= 4 is 29.6 Å². The van der Waals surface area contributed by atoms with Gasteiger partial charge in [0.05, 0.1) is 6.04 Å². The SMILES string of the molecule is CC(N)C(=O)NC(CCC(N)=O)C(=O)N1CCCC1C(=O)NC(Cc1ccccc1)C(=O)O. The molecule has 7 N–H and O–H groups in total. The maximum Gasteiger partial charge on any atom is 0.326 e. The zero-order valence-electron chi connectivity index (χ0n) is 18.5. The summed E-state index contributed by atoms with van der Waals surface area (Å²) in [4.78, 5) is 62.4. The Hall–Kier alpha value is -3.47. The third-order valence-electron chi connectivity index (χ3n) is 5.44. The Labute approximate surface area is 191 Å². The Morgan fingerprint density at radius 3 is 2.36 bits per heavy atom. The van der Waals surface area contributed by atoms with E-state index in [0.29, 0.717) is 12.8 Å². The Balaban J connectivity index is 2.12. The molecule has 0 radical (unpaired) electrons. The van der Waals surface area contributed by atoms with Gasteiger partial charge >= 0.3 is 5.97 Å². The van der Waals surface area contributed by atoms with Gasteiger partial charge in [0, 0.05) is 19.4 Å². The van der Waals surface area contributed by atoms with Gasteiger partial charge in [-0.2, -0.15) is 0 Å². The second-order valence-electron chi connectivity index (χ2n) is 8.13. The van der Waals surface area contributed by atoms with Crippen molar-refractivity contribution in [3.63, 3.8) is 0 Å². The van der Waals surface area contributed by atoms with E-state index >= 15 is 0 Å². The molecule has 0 saturated carbocycles. The summed E-state index contributed by atoms with van der Waals surface area (Å²) in [5, 5.41) is 14.6. The number of likely N-dealkylation sites (tertiary alicyclic amines) is 1. The smallest absolute Gasteiger partial charge is 0.326 e. The fourth-order valence-electron chi connectivity index (χ4n) is 3.67. The van der Waals surface area contributed by atoms with E-state index in [2.05, 4.69) is 10.6 Å². The molecule has 0 bridgehead atoms. The molecule has 11 nitrogen and oxygen atoms in total. The standard InChI is InChI=1S/C22H31N5O6/c1-13(23)19(29)25-15(9-10-18(24)28)21(31)27-11-5-8-17(27)20(30)26-16(22(32)33)12-14-6-3-2-4-7-14/h2-4,6-7,13,15-17H,5,8-12,23H2,1H3,(H2,24,28)(H,25,29)(H,26,30)(H,32,33). The van der Waals surface area contributed by atoms with Crippen LogP contribution >= 0.6 is 0 Å². The molecule has 1 aromatic carbocycles. The van der Waals surface area contributed by atoms with Gasteiger partial charge in [-0.25, -0.2) is 4.79 Å². The molecule has 1 saturated heterocycles. The molecular weight excluding hydrogens is 430 g/mol. The van der Waals surface area contributed by atoms with Crippen LogP contribution in [0, 0.1) is 0 Å². The second-order valence-corrected chi connectivity index (χ2v) is 8.13. The van der Waals surface area contributed by atoms with Gasteiger partial charge in [-0.05, 0) is 31.7 Å². The zero-order valence-corrected chi connectivity index (χ0v) is 18.5. The molecule has 4 atom stereocenters. The first kappa shape index (κ1) is 25.8. The number of carbonyl (C=O) groups is 5. The minimum atomic E-state index is -1.19. The van der Waals surface area contributed by atoms with Crippen molar-refractivity contribution in [1.82, 2.24) is 15.5 Å².